The van der Waals surface area contributed by atoms with Crippen molar-refractivity contribution in [3.63, 3.8) is 0 Å². The smallest absolute Gasteiger partial charge is 0.263 e. The Labute approximate surface area is 161 Å². The van der Waals surface area contributed by atoms with Crippen LogP contribution in [0.1, 0.15) is 32.0 Å². The number of rotatable bonds is 5. The van der Waals surface area contributed by atoms with E-state index in [0.717, 1.165) is 51.7 Å². The van der Waals surface area contributed by atoms with Crippen LogP contribution in [0, 0.1) is 0 Å². The van der Waals surface area contributed by atoms with Crippen molar-refractivity contribution >= 4 is 32.9 Å². The average Bonchev–Trinajstić information content (AvgIpc) is 3.28. The van der Waals surface area contributed by atoms with Gasteiger partial charge in [0.1, 0.15) is 10.7 Å². The van der Waals surface area contributed by atoms with Gasteiger partial charge in [0, 0.05) is 22.4 Å². The minimum absolute atomic E-state index is 0.0645. The Morgan fingerprint density at radius 1 is 1.27 bits per heavy atom. The van der Waals surface area contributed by atoms with Gasteiger partial charge in [0.2, 0.25) is 0 Å². The minimum atomic E-state index is 0.0645. The first-order chi connectivity index (χ1) is 12.6. The molecule has 3 aromatic rings. The normalized spacial score (nSPS) is 15.6. The highest BCUT2D eigenvalue weighted by molar-refractivity contribution is 7.18. The molecule has 0 saturated carbocycles. The summed E-state index contributed by atoms with van der Waals surface area (Å²) >= 11 is 3.23. The topological polar surface area (TPSA) is 38.1 Å². The van der Waals surface area contributed by atoms with Crippen molar-refractivity contribution in [1.82, 2.24) is 14.5 Å². The molecule has 0 atom stereocenters. The molecule has 0 radical (unpaired) electrons. The van der Waals surface area contributed by atoms with Gasteiger partial charge >= 0.3 is 0 Å². The van der Waals surface area contributed by atoms with E-state index >= 15 is 0 Å². The Balaban J connectivity index is 1.83. The second-order valence-electron chi connectivity index (χ2n) is 7.02. The highest BCUT2D eigenvalue weighted by Crippen LogP contribution is 2.34. The molecule has 136 valence electrons. The predicted octanol–water partition coefficient (Wildman–Crippen LogP) is 4.75. The number of fused-ring (bicyclic) bond motifs is 1. The summed E-state index contributed by atoms with van der Waals surface area (Å²) in [6.07, 6.45) is 3.76. The van der Waals surface area contributed by atoms with E-state index in [0.29, 0.717) is 6.54 Å². The Morgan fingerprint density at radius 3 is 2.77 bits per heavy atom. The van der Waals surface area contributed by atoms with E-state index in [1.807, 2.05) is 22.9 Å². The van der Waals surface area contributed by atoms with Gasteiger partial charge in [-0.2, -0.15) is 0 Å². The molecule has 1 aliphatic heterocycles. The van der Waals surface area contributed by atoms with Crippen LogP contribution in [-0.4, -0.2) is 27.5 Å². The second-order valence-corrected chi connectivity index (χ2v) is 8.83. The summed E-state index contributed by atoms with van der Waals surface area (Å²) in [5.74, 6) is 0.868. The number of likely N-dealkylation sites (tertiary alicyclic amines) is 1. The number of thiophene rings is 2. The number of allylic oxidation sites excluding steroid dienone is 1. The molecule has 4 heterocycles. The van der Waals surface area contributed by atoms with Crippen molar-refractivity contribution in [1.29, 1.82) is 0 Å². The Bertz CT molecular complexity index is 979. The molecule has 0 spiro atoms. The van der Waals surface area contributed by atoms with E-state index in [1.54, 1.807) is 22.7 Å². The molecule has 0 aromatic carbocycles. The molecule has 1 fully saturated rings. The van der Waals surface area contributed by atoms with Crippen LogP contribution in [0.15, 0.2) is 39.8 Å². The summed E-state index contributed by atoms with van der Waals surface area (Å²) in [4.78, 5) is 22.7. The van der Waals surface area contributed by atoms with E-state index in [4.69, 9.17) is 4.98 Å². The van der Waals surface area contributed by atoms with E-state index < -0.39 is 0 Å². The van der Waals surface area contributed by atoms with E-state index in [1.165, 1.54) is 19.3 Å². The van der Waals surface area contributed by atoms with E-state index in [9.17, 15) is 4.79 Å². The number of piperidine rings is 1. The Morgan fingerprint density at radius 2 is 2.08 bits per heavy atom. The van der Waals surface area contributed by atoms with Crippen LogP contribution in [0.4, 0.5) is 0 Å². The summed E-state index contributed by atoms with van der Waals surface area (Å²) in [7, 11) is 0. The predicted molar refractivity (Wildman–Crippen MR) is 111 cm³/mol. The maximum Gasteiger partial charge on any atom is 0.263 e. The molecule has 1 aliphatic rings. The van der Waals surface area contributed by atoms with Gasteiger partial charge < -0.3 is 0 Å². The highest BCUT2D eigenvalue weighted by atomic mass is 32.1. The molecule has 26 heavy (non-hydrogen) atoms. The first-order valence-corrected chi connectivity index (χ1v) is 10.8. The van der Waals surface area contributed by atoms with E-state index in [2.05, 4.69) is 22.9 Å². The summed E-state index contributed by atoms with van der Waals surface area (Å²) < 4.78 is 1.84. The molecule has 0 unspecified atom stereocenters. The van der Waals surface area contributed by atoms with Crippen molar-refractivity contribution < 1.29 is 0 Å². The van der Waals surface area contributed by atoms with Crippen LogP contribution in [0.5, 0.6) is 0 Å². The SMILES string of the molecule is C=C(C)Cn1c(CN2CCCCC2)nc2scc(-c3cccs3)c2c1=O. The van der Waals surface area contributed by atoms with Crippen LogP contribution in [0.25, 0.3) is 20.7 Å². The van der Waals surface area contributed by atoms with Crippen molar-refractivity contribution in [3.05, 3.63) is 51.2 Å². The maximum absolute atomic E-state index is 13.4. The number of hydrogen-bond donors (Lipinski definition) is 0. The minimum Gasteiger partial charge on any atom is -0.296 e. The van der Waals surface area contributed by atoms with Gasteiger partial charge in [0.25, 0.3) is 5.56 Å². The fourth-order valence-electron chi connectivity index (χ4n) is 3.55. The molecule has 1 saturated heterocycles. The summed E-state index contributed by atoms with van der Waals surface area (Å²) in [5.41, 5.74) is 2.05. The van der Waals surface area contributed by atoms with Crippen LogP contribution >= 0.6 is 22.7 Å². The third-order valence-corrected chi connectivity index (χ3v) is 6.58. The quantitative estimate of drug-likeness (QED) is 0.595. The van der Waals surface area contributed by atoms with Gasteiger partial charge in [-0.3, -0.25) is 14.3 Å². The molecule has 0 N–H and O–H groups in total. The number of aromatic nitrogens is 2. The van der Waals surface area contributed by atoms with Crippen LogP contribution < -0.4 is 5.56 Å². The zero-order chi connectivity index (χ0) is 18.1. The Hall–Kier alpha value is -1.76. The number of hydrogen-bond acceptors (Lipinski definition) is 5. The van der Waals surface area contributed by atoms with Gasteiger partial charge in [-0.15, -0.1) is 22.7 Å². The lowest BCUT2D eigenvalue weighted by Gasteiger charge is -2.27. The molecule has 4 nitrogen and oxygen atoms in total. The number of nitrogens with zero attached hydrogens (tertiary/aromatic N) is 3. The van der Waals surface area contributed by atoms with Crippen molar-refractivity contribution in [3.8, 4) is 10.4 Å². The lowest BCUT2D eigenvalue weighted by Crippen LogP contribution is -2.34. The molecule has 6 heteroatoms. The molecule has 4 rings (SSSR count). The molecular weight excluding hydrogens is 362 g/mol. The van der Waals surface area contributed by atoms with Crippen LogP contribution in [-0.2, 0) is 13.1 Å². The Kier molecular flexibility index (Phi) is 5.07. The third kappa shape index (κ3) is 3.41. The van der Waals surface area contributed by atoms with Gasteiger partial charge in [-0.1, -0.05) is 24.6 Å². The summed E-state index contributed by atoms with van der Waals surface area (Å²) in [6, 6.07) is 4.09. The highest BCUT2D eigenvalue weighted by Gasteiger charge is 2.20. The monoisotopic (exact) mass is 385 g/mol. The summed E-state index contributed by atoms with van der Waals surface area (Å²) in [6.45, 7) is 9.44. The second kappa shape index (κ2) is 7.47. The van der Waals surface area contributed by atoms with Crippen molar-refractivity contribution in [2.75, 3.05) is 13.1 Å². The maximum atomic E-state index is 13.4. The molecule has 3 aromatic heterocycles. The molecule has 0 amide bonds. The molecule has 0 aliphatic carbocycles. The third-order valence-electron chi connectivity index (χ3n) is 4.80. The first-order valence-electron chi connectivity index (χ1n) is 9.05. The average molecular weight is 386 g/mol. The van der Waals surface area contributed by atoms with Gasteiger partial charge in [0.05, 0.1) is 11.9 Å². The van der Waals surface area contributed by atoms with Gasteiger partial charge in [0.15, 0.2) is 0 Å². The summed E-state index contributed by atoms with van der Waals surface area (Å²) in [5, 5.41) is 4.87. The van der Waals surface area contributed by atoms with Gasteiger partial charge in [-0.25, -0.2) is 4.98 Å². The zero-order valence-corrected chi connectivity index (χ0v) is 16.7. The van der Waals surface area contributed by atoms with E-state index in [-0.39, 0.29) is 5.56 Å². The van der Waals surface area contributed by atoms with Crippen LogP contribution in [0.3, 0.4) is 0 Å². The van der Waals surface area contributed by atoms with Gasteiger partial charge in [-0.05, 0) is 44.3 Å². The molecular formula is C20H23N3OS2. The van der Waals surface area contributed by atoms with Crippen LogP contribution in [0.2, 0.25) is 0 Å². The lowest BCUT2D eigenvalue weighted by atomic mass is 10.1. The fourth-order valence-corrected chi connectivity index (χ4v) is 5.32. The van der Waals surface area contributed by atoms with Crippen molar-refractivity contribution in [2.45, 2.75) is 39.3 Å². The lowest BCUT2D eigenvalue weighted by molar-refractivity contribution is 0.212. The standard InChI is InChI=1S/C20H23N3OS2/c1-14(2)11-23-17(12-22-8-4-3-5-9-22)21-19-18(20(23)24)15(13-26-19)16-7-6-10-25-16/h6-7,10,13H,1,3-5,8-9,11-12H2,2H3. The first kappa shape index (κ1) is 17.6. The largest absolute Gasteiger partial charge is 0.296 e. The fraction of sp³-hybridized carbons (Fsp3) is 0.400. The molecule has 0 bridgehead atoms. The zero-order valence-electron chi connectivity index (χ0n) is 15.0. The van der Waals surface area contributed by atoms with Crippen molar-refractivity contribution in [2.24, 2.45) is 0 Å².